The molecule has 2 amide bonds. The topological polar surface area (TPSA) is 63.7 Å². The van der Waals surface area contributed by atoms with E-state index in [1.807, 2.05) is 48.5 Å². The van der Waals surface area contributed by atoms with Crippen molar-refractivity contribution in [3.8, 4) is 0 Å². The molecule has 164 valence electrons. The Labute approximate surface area is 207 Å². The van der Waals surface area contributed by atoms with Crippen LogP contribution in [0, 0.1) is 11.8 Å². The summed E-state index contributed by atoms with van der Waals surface area (Å²) in [6.07, 6.45) is 0. The molecule has 2 bridgehead atoms. The fraction of sp³-hybridized carbons (Fsp3) is 0.192. The number of rotatable bonds is 2. The first kappa shape index (κ1) is 20.8. The minimum Gasteiger partial charge on any atom is -0.465 e. The number of methoxy groups -OCH3 is 1. The molecule has 1 aliphatic heterocycles. The molecule has 0 N–H and O–H groups in total. The van der Waals surface area contributed by atoms with Crippen molar-refractivity contribution in [3.05, 3.63) is 101 Å². The smallest absolute Gasteiger partial charge is 0.337 e. The maximum Gasteiger partial charge on any atom is 0.337 e. The number of amides is 2. The van der Waals surface area contributed by atoms with Crippen LogP contribution in [0.1, 0.15) is 32.6 Å². The van der Waals surface area contributed by atoms with Gasteiger partial charge in [0.2, 0.25) is 11.8 Å². The highest BCUT2D eigenvalue weighted by Gasteiger charge is 2.72. The van der Waals surface area contributed by atoms with Crippen molar-refractivity contribution >= 4 is 55.3 Å². The van der Waals surface area contributed by atoms with E-state index in [-0.39, 0.29) is 17.4 Å². The monoisotopic (exact) mass is 565 g/mol. The van der Waals surface area contributed by atoms with Crippen LogP contribution < -0.4 is 4.90 Å². The summed E-state index contributed by atoms with van der Waals surface area (Å²) in [5.41, 5.74) is 4.56. The summed E-state index contributed by atoms with van der Waals surface area (Å²) in [4.78, 5) is 41.3. The average molecular weight is 567 g/mol. The van der Waals surface area contributed by atoms with Gasteiger partial charge >= 0.3 is 5.97 Å². The SMILES string of the molecule is COC(=O)c1cccc(N2C(=O)[C@@H]3[C@H](C2=O)C2(Br)c4ccccc4C3(Br)c3ccccc32)c1. The van der Waals surface area contributed by atoms with Gasteiger partial charge < -0.3 is 4.74 Å². The molecule has 2 atom stereocenters. The summed E-state index contributed by atoms with van der Waals surface area (Å²) in [5, 5.41) is 0. The molecule has 0 aromatic heterocycles. The van der Waals surface area contributed by atoms with Crippen LogP contribution in [0.2, 0.25) is 0 Å². The van der Waals surface area contributed by atoms with Gasteiger partial charge in [-0.15, -0.1) is 0 Å². The number of esters is 1. The van der Waals surface area contributed by atoms with E-state index in [0.717, 1.165) is 22.3 Å². The van der Waals surface area contributed by atoms with Gasteiger partial charge in [-0.05, 0) is 40.5 Å². The fourth-order valence-corrected chi connectivity index (χ4v) is 8.11. The second-order valence-electron chi connectivity index (χ2n) is 8.52. The van der Waals surface area contributed by atoms with Crippen molar-refractivity contribution < 1.29 is 19.1 Å². The highest BCUT2D eigenvalue weighted by molar-refractivity contribution is 9.10. The second kappa shape index (κ2) is 6.87. The Bertz CT molecular complexity index is 1260. The minimum atomic E-state index is -0.845. The van der Waals surface area contributed by atoms with Crippen LogP contribution in [0.3, 0.4) is 0 Å². The van der Waals surface area contributed by atoms with E-state index >= 15 is 0 Å². The van der Waals surface area contributed by atoms with Crippen LogP contribution in [-0.4, -0.2) is 24.9 Å². The van der Waals surface area contributed by atoms with Crippen LogP contribution in [0.5, 0.6) is 0 Å². The standard InChI is InChI=1S/C26H17Br2NO4/c1-33-24(32)14-7-6-8-15(13-14)29-22(30)20-21(23(29)31)26(28)17-10-3-2-9-16(17)25(20,27)18-11-4-5-12-19(18)26/h2-13,20-21H,1H3/t20-,21+,25?,26?. The molecule has 0 spiro atoms. The number of ether oxygens (including phenoxy) is 1. The summed E-state index contributed by atoms with van der Waals surface area (Å²) >= 11 is 7.97. The summed E-state index contributed by atoms with van der Waals surface area (Å²) in [6, 6.07) is 22.3. The highest BCUT2D eigenvalue weighted by atomic mass is 79.9. The van der Waals surface area contributed by atoms with E-state index in [1.54, 1.807) is 18.2 Å². The summed E-state index contributed by atoms with van der Waals surface area (Å²) in [6.45, 7) is 0. The number of anilines is 1. The van der Waals surface area contributed by atoms with Gasteiger partial charge in [0.05, 0.1) is 38.8 Å². The number of carbonyl (C=O) groups is 3. The molecule has 3 aromatic rings. The molecule has 7 rings (SSSR count). The Balaban J connectivity index is 1.60. The minimum absolute atomic E-state index is 0.280. The lowest BCUT2D eigenvalue weighted by Crippen LogP contribution is -2.56. The Morgan fingerprint density at radius 3 is 1.67 bits per heavy atom. The molecule has 1 heterocycles. The number of nitrogens with zero attached hydrogens (tertiary/aromatic N) is 1. The first-order valence-corrected chi connectivity index (χ1v) is 12.1. The molecule has 1 fully saturated rings. The van der Waals surface area contributed by atoms with Crippen molar-refractivity contribution in [2.24, 2.45) is 11.8 Å². The van der Waals surface area contributed by atoms with Gasteiger partial charge in [-0.1, -0.05) is 86.5 Å². The van der Waals surface area contributed by atoms with Crippen LogP contribution in [0.4, 0.5) is 5.69 Å². The van der Waals surface area contributed by atoms with Crippen molar-refractivity contribution in [3.63, 3.8) is 0 Å². The molecular formula is C26H17Br2NO4. The number of imide groups is 1. The molecule has 5 nitrogen and oxygen atoms in total. The van der Waals surface area contributed by atoms with Crippen LogP contribution in [0.15, 0.2) is 72.8 Å². The molecule has 3 aliphatic carbocycles. The van der Waals surface area contributed by atoms with Gasteiger partial charge in [0.25, 0.3) is 0 Å². The number of hydrogen-bond donors (Lipinski definition) is 0. The lowest BCUT2D eigenvalue weighted by atomic mass is 9.54. The van der Waals surface area contributed by atoms with Crippen molar-refractivity contribution in [1.82, 2.24) is 0 Å². The van der Waals surface area contributed by atoms with Crippen molar-refractivity contribution in [2.45, 2.75) is 8.65 Å². The molecule has 4 aliphatic rings. The zero-order chi connectivity index (χ0) is 23.1. The average Bonchev–Trinajstić information content (AvgIpc) is 3.13. The summed E-state index contributed by atoms with van der Waals surface area (Å²) in [5.74, 6) is -2.43. The van der Waals surface area contributed by atoms with Gasteiger partial charge in [-0.2, -0.15) is 0 Å². The number of benzene rings is 3. The quantitative estimate of drug-likeness (QED) is 0.252. The maximum atomic E-state index is 14.0. The predicted molar refractivity (Wildman–Crippen MR) is 130 cm³/mol. The van der Waals surface area contributed by atoms with Crippen LogP contribution in [-0.2, 0) is 23.0 Å². The fourth-order valence-electron chi connectivity index (χ4n) is 5.81. The third kappa shape index (κ3) is 2.39. The zero-order valence-corrected chi connectivity index (χ0v) is 20.6. The second-order valence-corrected chi connectivity index (χ2v) is 11.0. The Morgan fingerprint density at radius 2 is 1.24 bits per heavy atom. The maximum absolute atomic E-state index is 14.0. The van der Waals surface area contributed by atoms with E-state index in [0.29, 0.717) is 5.69 Å². The number of alkyl halides is 2. The Kier molecular flexibility index (Phi) is 4.33. The van der Waals surface area contributed by atoms with Crippen LogP contribution >= 0.6 is 31.9 Å². The van der Waals surface area contributed by atoms with Gasteiger partial charge in [0.1, 0.15) is 0 Å². The largest absolute Gasteiger partial charge is 0.465 e. The first-order valence-electron chi connectivity index (χ1n) is 10.5. The van der Waals surface area contributed by atoms with E-state index in [4.69, 9.17) is 4.74 Å². The lowest BCUT2D eigenvalue weighted by Gasteiger charge is -2.55. The summed E-state index contributed by atoms with van der Waals surface area (Å²) in [7, 11) is 1.30. The summed E-state index contributed by atoms with van der Waals surface area (Å²) < 4.78 is 3.13. The van der Waals surface area contributed by atoms with E-state index in [2.05, 4.69) is 31.9 Å². The van der Waals surface area contributed by atoms with E-state index < -0.39 is 26.5 Å². The number of hydrogen-bond acceptors (Lipinski definition) is 4. The molecule has 0 radical (unpaired) electrons. The third-order valence-corrected chi connectivity index (χ3v) is 9.81. The molecular weight excluding hydrogens is 550 g/mol. The van der Waals surface area contributed by atoms with Gasteiger partial charge in [0, 0.05) is 0 Å². The molecule has 33 heavy (non-hydrogen) atoms. The normalized spacial score (nSPS) is 28.9. The third-order valence-electron chi connectivity index (χ3n) is 7.11. The van der Waals surface area contributed by atoms with Gasteiger partial charge in [-0.3, -0.25) is 9.59 Å². The Hall–Kier alpha value is -2.77. The first-order chi connectivity index (χ1) is 15.8. The predicted octanol–water partition coefficient (Wildman–Crippen LogP) is 4.88. The van der Waals surface area contributed by atoms with E-state index in [1.165, 1.54) is 18.1 Å². The number of halogens is 2. The van der Waals surface area contributed by atoms with E-state index in [9.17, 15) is 14.4 Å². The van der Waals surface area contributed by atoms with Crippen molar-refractivity contribution in [1.29, 1.82) is 0 Å². The molecule has 0 unspecified atom stereocenters. The van der Waals surface area contributed by atoms with Crippen molar-refractivity contribution in [2.75, 3.05) is 12.0 Å². The zero-order valence-electron chi connectivity index (χ0n) is 17.4. The molecule has 3 aromatic carbocycles. The molecule has 7 heteroatoms. The van der Waals surface area contributed by atoms with Crippen LogP contribution in [0.25, 0.3) is 0 Å². The number of carbonyl (C=O) groups excluding carboxylic acids is 3. The Morgan fingerprint density at radius 1 is 0.788 bits per heavy atom. The molecule has 1 saturated heterocycles. The van der Waals surface area contributed by atoms with Gasteiger partial charge in [-0.25, -0.2) is 9.69 Å². The van der Waals surface area contributed by atoms with Gasteiger partial charge in [0.15, 0.2) is 0 Å². The lowest BCUT2D eigenvalue weighted by molar-refractivity contribution is -0.122. The molecule has 0 saturated carbocycles. The highest BCUT2D eigenvalue weighted by Crippen LogP contribution is 2.70.